The summed E-state index contributed by atoms with van der Waals surface area (Å²) in [4.78, 5) is 4.21. The SMILES string of the molecule is CNC(c1cc(Br)ccc1I)c1cccc2cnccc12. The van der Waals surface area contributed by atoms with Crippen molar-refractivity contribution < 1.29 is 0 Å². The third-order valence-electron chi connectivity index (χ3n) is 3.58. The molecule has 0 amide bonds. The van der Waals surface area contributed by atoms with Crippen molar-refractivity contribution in [3.8, 4) is 0 Å². The van der Waals surface area contributed by atoms with E-state index in [0.717, 1.165) is 4.47 Å². The molecule has 0 aliphatic rings. The number of fused-ring (bicyclic) bond motifs is 1. The third kappa shape index (κ3) is 2.98. The van der Waals surface area contributed by atoms with E-state index in [1.54, 1.807) is 0 Å². The molecule has 1 heterocycles. The molecule has 1 aromatic heterocycles. The highest BCUT2D eigenvalue weighted by Gasteiger charge is 2.17. The van der Waals surface area contributed by atoms with E-state index in [-0.39, 0.29) is 6.04 Å². The van der Waals surface area contributed by atoms with Crippen LogP contribution in [0, 0.1) is 3.57 Å². The van der Waals surface area contributed by atoms with E-state index in [1.807, 2.05) is 19.4 Å². The van der Waals surface area contributed by atoms with Crippen molar-refractivity contribution in [2.45, 2.75) is 6.04 Å². The lowest BCUT2D eigenvalue weighted by atomic mass is 9.94. The first kappa shape index (κ1) is 14.9. The molecule has 0 aliphatic heterocycles. The Morgan fingerprint density at radius 1 is 1.14 bits per heavy atom. The van der Waals surface area contributed by atoms with E-state index in [1.165, 1.54) is 25.5 Å². The summed E-state index contributed by atoms with van der Waals surface area (Å²) < 4.78 is 2.35. The molecule has 21 heavy (non-hydrogen) atoms. The number of pyridine rings is 1. The molecule has 0 fully saturated rings. The van der Waals surface area contributed by atoms with Gasteiger partial charge in [-0.1, -0.05) is 34.1 Å². The Hall–Kier alpha value is -0.980. The molecule has 0 saturated heterocycles. The number of hydrogen-bond donors (Lipinski definition) is 1. The van der Waals surface area contributed by atoms with Gasteiger partial charge >= 0.3 is 0 Å². The summed E-state index contributed by atoms with van der Waals surface area (Å²) in [6, 6.07) is 15.0. The highest BCUT2D eigenvalue weighted by molar-refractivity contribution is 14.1. The van der Waals surface area contributed by atoms with Gasteiger partial charge in [0.1, 0.15) is 0 Å². The highest BCUT2D eigenvalue weighted by Crippen LogP contribution is 2.32. The smallest absolute Gasteiger partial charge is 0.0591 e. The van der Waals surface area contributed by atoms with Gasteiger partial charge in [-0.2, -0.15) is 0 Å². The van der Waals surface area contributed by atoms with Crippen molar-refractivity contribution in [2.75, 3.05) is 7.05 Å². The summed E-state index contributed by atoms with van der Waals surface area (Å²) in [7, 11) is 2.00. The first-order valence-corrected chi connectivity index (χ1v) is 8.52. The molecular weight excluding hydrogens is 439 g/mol. The largest absolute Gasteiger partial charge is 0.309 e. The summed E-state index contributed by atoms with van der Waals surface area (Å²) in [5.41, 5.74) is 2.55. The van der Waals surface area contributed by atoms with Gasteiger partial charge in [-0.15, -0.1) is 0 Å². The number of nitrogens with zero attached hydrogens (tertiary/aromatic N) is 1. The van der Waals surface area contributed by atoms with Gasteiger partial charge < -0.3 is 5.32 Å². The fourth-order valence-electron chi connectivity index (χ4n) is 2.61. The highest BCUT2D eigenvalue weighted by atomic mass is 127. The predicted molar refractivity (Wildman–Crippen MR) is 99.5 cm³/mol. The fourth-order valence-corrected chi connectivity index (χ4v) is 3.64. The molecule has 0 aliphatic carbocycles. The summed E-state index contributed by atoms with van der Waals surface area (Å²) >= 11 is 5.97. The van der Waals surface area contributed by atoms with Gasteiger partial charge in [0.2, 0.25) is 0 Å². The molecule has 0 saturated carbocycles. The lowest BCUT2D eigenvalue weighted by Gasteiger charge is -2.21. The number of aromatic nitrogens is 1. The van der Waals surface area contributed by atoms with Gasteiger partial charge in [0, 0.05) is 25.8 Å². The zero-order chi connectivity index (χ0) is 14.8. The van der Waals surface area contributed by atoms with E-state index in [0.29, 0.717) is 0 Å². The molecule has 3 aromatic rings. The topological polar surface area (TPSA) is 24.9 Å². The lowest BCUT2D eigenvalue weighted by molar-refractivity contribution is 0.693. The van der Waals surface area contributed by atoms with Crippen LogP contribution >= 0.6 is 38.5 Å². The maximum absolute atomic E-state index is 4.21. The molecule has 2 aromatic carbocycles. The van der Waals surface area contributed by atoms with Crippen molar-refractivity contribution in [3.05, 3.63) is 74.0 Å². The zero-order valence-corrected chi connectivity index (χ0v) is 15.2. The van der Waals surface area contributed by atoms with E-state index in [9.17, 15) is 0 Å². The van der Waals surface area contributed by atoms with Crippen LogP contribution in [0.4, 0.5) is 0 Å². The van der Waals surface area contributed by atoms with Gasteiger partial charge in [0.25, 0.3) is 0 Å². The molecular formula is C17H14BrIN2. The number of halogens is 2. The van der Waals surface area contributed by atoms with Crippen molar-refractivity contribution >= 4 is 49.3 Å². The maximum Gasteiger partial charge on any atom is 0.0591 e. The monoisotopic (exact) mass is 452 g/mol. The third-order valence-corrected chi connectivity index (χ3v) is 5.06. The standard InChI is InChI=1S/C17H14BrIN2/c1-20-17(15-9-12(18)5-6-16(15)19)14-4-2-3-11-10-21-8-7-13(11)14/h2-10,17,20H,1H3. The second-order valence-electron chi connectivity index (χ2n) is 4.83. The Kier molecular flexibility index (Phi) is 4.57. The summed E-state index contributed by atoms with van der Waals surface area (Å²) in [5.74, 6) is 0. The fraction of sp³-hybridized carbons (Fsp3) is 0.118. The van der Waals surface area contributed by atoms with Gasteiger partial charge in [-0.05, 0) is 70.4 Å². The summed E-state index contributed by atoms with van der Waals surface area (Å²) in [6.07, 6.45) is 3.77. The van der Waals surface area contributed by atoms with Crippen LogP contribution in [0.2, 0.25) is 0 Å². The zero-order valence-electron chi connectivity index (χ0n) is 11.5. The predicted octanol–water partition coefficient (Wildman–Crippen LogP) is 4.91. The molecule has 106 valence electrons. The second-order valence-corrected chi connectivity index (χ2v) is 6.91. The minimum Gasteiger partial charge on any atom is -0.309 e. The van der Waals surface area contributed by atoms with Crippen LogP contribution in [-0.2, 0) is 0 Å². The number of rotatable bonds is 3. The van der Waals surface area contributed by atoms with Gasteiger partial charge in [-0.3, -0.25) is 4.98 Å². The first-order chi connectivity index (χ1) is 10.2. The van der Waals surface area contributed by atoms with E-state index in [4.69, 9.17) is 0 Å². The van der Waals surface area contributed by atoms with Crippen LogP contribution in [0.3, 0.4) is 0 Å². The Labute approximate surface area is 146 Å². The molecule has 1 N–H and O–H groups in total. The van der Waals surface area contributed by atoms with E-state index in [2.05, 4.69) is 91.3 Å². The Morgan fingerprint density at radius 2 is 2.00 bits per heavy atom. The van der Waals surface area contributed by atoms with Crippen LogP contribution in [0.15, 0.2) is 59.3 Å². The van der Waals surface area contributed by atoms with Gasteiger partial charge in [0.15, 0.2) is 0 Å². The number of benzene rings is 2. The molecule has 4 heteroatoms. The van der Waals surface area contributed by atoms with Crippen LogP contribution < -0.4 is 5.32 Å². The average molecular weight is 453 g/mol. The quantitative estimate of drug-likeness (QED) is 0.571. The van der Waals surface area contributed by atoms with Gasteiger partial charge in [-0.25, -0.2) is 0 Å². The molecule has 2 nitrogen and oxygen atoms in total. The summed E-state index contributed by atoms with van der Waals surface area (Å²) in [5, 5.41) is 5.85. The minimum absolute atomic E-state index is 0.153. The average Bonchev–Trinajstić information content (AvgIpc) is 2.51. The summed E-state index contributed by atoms with van der Waals surface area (Å²) in [6.45, 7) is 0. The number of hydrogen-bond acceptors (Lipinski definition) is 2. The molecule has 0 radical (unpaired) electrons. The molecule has 0 bridgehead atoms. The molecule has 1 atom stereocenters. The van der Waals surface area contributed by atoms with Crippen LogP contribution in [-0.4, -0.2) is 12.0 Å². The van der Waals surface area contributed by atoms with E-state index < -0.39 is 0 Å². The maximum atomic E-state index is 4.21. The van der Waals surface area contributed by atoms with E-state index >= 15 is 0 Å². The van der Waals surface area contributed by atoms with Gasteiger partial charge in [0.05, 0.1) is 6.04 Å². The normalized spacial score (nSPS) is 12.5. The van der Waals surface area contributed by atoms with Crippen molar-refractivity contribution in [2.24, 2.45) is 0 Å². The Bertz CT molecular complexity index is 783. The Morgan fingerprint density at radius 3 is 2.81 bits per heavy atom. The minimum atomic E-state index is 0.153. The van der Waals surface area contributed by atoms with Crippen molar-refractivity contribution in [1.82, 2.24) is 10.3 Å². The van der Waals surface area contributed by atoms with Crippen LogP contribution in [0.5, 0.6) is 0 Å². The lowest BCUT2D eigenvalue weighted by Crippen LogP contribution is -2.19. The van der Waals surface area contributed by atoms with Crippen molar-refractivity contribution in [1.29, 1.82) is 0 Å². The molecule has 1 unspecified atom stereocenters. The van der Waals surface area contributed by atoms with Crippen LogP contribution in [0.1, 0.15) is 17.2 Å². The van der Waals surface area contributed by atoms with Crippen molar-refractivity contribution in [3.63, 3.8) is 0 Å². The molecule has 0 spiro atoms. The van der Waals surface area contributed by atoms with Crippen LogP contribution in [0.25, 0.3) is 10.8 Å². The second kappa shape index (κ2) is 6.42. The Balaban J connectivity index is 2.21. The first-order valence-electron chi connectivity index (χ1n) is 6.65. The number of nitrogens with one attached hydrogen (secondary N) is 1. The molecule has 3 rings (SSSR count).